The molecule has 2 aliphatic heterocycles. The fourth-order valence-corrected chi connectivity index (χ4v) is 3.60. The average Bonchev–Trinajstić information content (AvgIpc) is 3.09. The summed E-state index contributed by atoms with van der Waals surface area (Å²) in [6.45, 7) is 2.87. The van der Waals surface area contributed by atoms with E-state index in [4.69, 9.17) is 18.9 Å². The Morgan fingerprint density at radius 2 is 1.75 bits per heavy atom. The van der Waals surface area contributed by atoms with Gasteiger partial charge in [-0.3, -0.25) is 0 Å². The molecule has 0 aromatic heterocycles. The molecule has 196 valence electrons. The first kappa shape index (κ1) is 27.5. The largest absolute Gasteiger partial charge is 0.508 e. The van der Waals surface area contributed by atoms with Gasteiger partial charge in [-0.25, -0.2) is 9.59 Å². The monoisotopic (exact) mass is 506 g/mol. The van der Waals surface area contributed by atoms with Gasteiger partial charge >= 0.3 is 11.9 Å². The van der Waals surface area contributed by atoms with Gasteiger partial charge in [0, 0.05) is 6.08 Å². The number of hydrogen-bond acceptors (Lipinski definition) is 11. The first-order valence-electron chi connectivity index (χ1n) is 11.3. The van der Waals surface area contributed by atoms with Crippen molar-refractivity contribution in [1.82, 2.24) is 0 Å². The van der Waals surface area contributed by atoms with Gasteiger partial charge in [-0.05, 0) is 49.8 Å². The lowest BCUT2D eigenvalue weighted by atomic mass is 9.99. The summed E-state index contributed by atoms with van der Waals surface area (Å²) in [7, 11) is 0. The average molecular weight is 507 g/mol. The predicted octanol–water partition coefficient (Wildman–Crippen LogP) is -0.0483. The topological polar surface area (TPSA) is 172 Å². The number of allylic oxidation sites excluding steroid dienone is 1. The smallest absolute Gasteiger partial charge is 0.337 e. The highest BCUT2D eigenvalue weighted by atomic mass is 16.7. The molecular weight excluding hydrogens is 476 g/mol. The molecule has 1 aromatic rings. The van der Waals surface area contributed by atoms with E-state index < -0.39 is 61.5 Å². The van der Waals surface area contributed by atoms with Gasteiger partial charge in [0.15, 0.2) is 12.4 Å². The van der Waals surface area contributed by atoms with Gasteiger partial charge in [-0.1, -0.05) is 17.7 Å². The zero-order valence-corrected chi connectivity index (χ0v) is 19.8. The highest BCUT2D eigenvalue weighted by Gasteiger charge is 2.45. The molecular formula is C25H30O11. The molecule has 11 heteroatoms. The Labute approximate surface area is 207 Å². The normalized spacial score (nSPS) is 31.4. The van der Waals surface area contributed by atoms with Crippen LogP contribution < -0.4 is 0 Å². The highest BCUT2D eigenvalue weighted by molar-refractivity contribution is 5.92. The Bertz CT molecular complexity index is 1010. The molecule has 36 heavy (non-hydrogen) atoms. The van der Waals surface area contributed by atoms with Crippen molar-refractivity contribution in [3.63, 3.8) is 0 Å². The van der Waals surface area contributed by atoms with E-state index in [9.17, 15) is 35.1 Å². The second-order valence-electron chi connectivity index (χ2n) is 8.62. The maximum absolute atomic E-state index is 12.0. The fraction of sp³-hybridized carbons (Fsp3) is 0.440. The van der Waals surface area contributed by atoms with Crippen LogP contribution in [0, 0.1) is 0 Å². The van der Waals surface area contributed by atoms with Crippen LogP contribution >= 0.6 is 0 Å². The lowest BCUT2D eigenvalue weighted by molar-refractivity contribution is -0.299. The quantitative estimate of drug-likeness (QED) is 0.182. The first-order valence-corrected chi connectivity index (χ1v) is 11.3. The summed E-state index contributed by atoms with van der Waals surface area (Å²) in [5.74, 6) is -1.38. The number of benzene rings is 1. The lowest BCUT2D eigenvalue weighted by Gasteiger charge is -2.39. The summed E-state index contributed by atoms with van der Waals surface area (Å²) in [6.07, 6.45) is -3.99. The summed E-state index contributed by atoms with van der Waals surface area (Å²) in [4.78, 5) is 24.0. The number of carbonyl (C=O) groups is 2. The van der Waals surface area contributed by atoms with Gasteiger partial charge in [-0.15, -0.1) is 0 Å². The van der Waals surface area contributed by atoms with E-state index in [2.05, 4.69) is 0 Å². The number of phenolic OH excluding ortho intramolecular Hbond substituents is 1. The van der Waals surface area contributed by atoms with Crippen molar-refractivity contribution in [1.29, 1.82) is 0 Å². The third kappa shape index (κ3) is 7.00. The number of rotatable bonds is 8. The number of aromatic hydroxyl groups is 1. The second-order valence-corrected chi connectivity index (χ2v) is 8.62. The molecule has 11 nitrogen and oxygen atoms in total. The fourth-order valence-electron chi connectivity index (χ4n) is 3.60. The van der Waals surface area contributed by atoms with Crippen LogP contribution in [0.2, 0.25) is 0 Å². The molecule has 0 bridgehead atoms. The van der Waals surface area contributed by atoms with Gasteiger partial charge in [-0.2, -0.15) is 0 Å². The van der Waals surface area contributed by atoms with Crippen molar-refractivity contribution in [3.05, 3.63) is 59.2 Å². The molecule has 1 aromatic carbocycles. The number of carbonyl (C=O) groups excluding carboxylic acids is 2. The summed E-state index contributed by atoms with van der Waals surface area (Å²) in [5, 5.41) is 50.2. The van der Waals surface area contributed by atoms with Crippen molar-refractivity contribution in [2.75, 3.05) is 13.2 Å². The number of aliphatic hydroxyl groups is 4. The van der Waals surface area contributed by atoms with Crippen LogP contribution in [-0.2, 0) is 28.5 Å². The minimum absolute atomic E-state index is 0.0192. The standard InChI is InChI=1S/C25H30O11/c1-13(2)11-17-20(28)16(24(32)35-17)9-10-33-25-23(31)22(30)21(29)18(36-25)12-34-19(27)8-5-14-3-6-15(26)7-4-14/h3-9,11,17-18,20-23,25-26,28-31H,10,12H2,1-2H3/t17-,18+,20-,21-,22-,23-,25-/m1/s1. The maximum Gasteiger partial charge on any atom is 0.337 e. The zero-order chi connectivity index (χ0) is 26.4. The molecule has 0 spiro atoms. The molecule has 5 N–H and O–H groups in total. The second kappa shape index (κ2) is 12.3. The van der Waals surface area contributed by atoms with E-state index in [1.54, 1.807) is 32.1 Å². The first-order chi connectivity index (χ1) is 17.1. The van der Waals surface area contributed by atoms with Crippen molar-refractivity contribution in [3.8, 4) is 5.75 Å². The van der Waals surface area contributed by atoms with E-state index in [0.717, 1.165) is 11.6 Å². The van der Waals surface area contributed by atoms with E-state index in [0.29, 0.717) is 5.56 Å². The molecule has 2 heterocycles. The number of ether oxygens (including phenoxy) is 4. The SMILES string of the molecule is CC(C)=C[C@H]1OC(=O)C(=CCO[C@@H]2O[C@@H](COC(=O)C=Cc3ccc(O)cc3)[C@@H](O)[C@@H](O)[C@H]2O)[C@H]1O. The van der Waals surface area contributed by atoms with E-state index in [1.807, 2.05) is 0 Å². The van der Waals surface area contributed by atoms with Crippen LogP contribution in [0.3, 0.4) is 0 Å². The van der Waals surface area contributed by atoms with Crippen molar-refractivity contribution < 1.29 is 54.1 Å². The molecule has 2 saturated heterocycles. The maximum atomic E-state index is 12.0. The van der Waals surface area contributed by atoms with Crippen molar-refractivity contribution >= 4 is 18.0 Å². The third-order valence-corrected chi connectivity index (χ3v) is 5.53. The molecule has 7 atom stereocenters. The van der Waals surface area contributed by atoms with E-state index in [1.165, 1.54) is 24.3 Å². The highest BCUT2D eigenvalue weighted by Crippen LogP contribution is 2.25. The van der Waals surface area contributed by atoms with Crippen LogP contribution in [0.1, 0.15) is 19.4 Å². The molecule has 3 rings (SSSR count). The molecule has 2 aliphatic rings. The Morgan fingerprint density at radius 3 is 2.42 bits per heavy atom. The Balaban J connectivity index is 1.55. The molecule has 0 amide bonds. The van der Waals surface area contributed by atoms with Crippen LogP contribution in [-0.4, -0.2) is 93.6 Å². The number of aliphatic hydroxyl groups excluding tert-OH is 4. The summed E-state index contributed by atoms with van der Waals surface area (Å²) < 4.78 is 21.1. The van der Waals surface area contributed by atoms with Crippen molar-refractivity contribution in [2.45, 2.75) is 56.8 Å². The molecule has 0 radical (unpaired) electrons. The lowest BCUT2D eigenvalue weighted by Crippen LogP contribution is -2.59. The summed E-state index contributed by atoms with van der Waals surface area (Å²) >= 11 is 0. The third-order valence-electron chi connectivity index (χ3n) is 5.53. The van der Waals surface area contributed by atoms with Gasteiger partial charge in [0.1, 0.15) is 42.9 Å². The summed E-state index contributed by atoms with van der Waals surface area (Å²) in [5.41, 5.74) is 1.48. The van der Waals surface area contributed by atoms with Crippen LogP contribution in [0.4, 0.5) is 0 Å². The van der Waals surface area contributed by atoms with Gasteiger partial charge in [0.05, 0.1) is 12.2 Å². The number of cyclic esters (lactones) is 1. The van der Waals surface area contributed by atoms with Gasteiger partial charge < -0.3 is 44.5 Å². The Hall–Kier alpha value is -3.06. The molecule has 0 saturated carbocycles. The van der Waals surface area contributed by atoms with Gasteiger partial charge in [0.25, 0.3) is 0 Å². The number of esters is 2. The molecule has 0 aliphatic carbocycles. The molecule has 0 unspecified atom stereocenters. The summed E-state index contributed by atoms with van der Waals surface area (Å²) in [6, 6.07) is 6.10. The number of hydrogen-bond donors (Lipinski definition) is 5. The van der Waals surface area contributed by atoms with Crippen LogP contribution in [0.5, 0.6) is 5.75 Å². The van der Waals surface area contributed by atoms with Crippen LogP contribution in [0.15, 0.2) is 53.6 Å². The van der Waals surface area contributed by atoms with Gasteiger partial charge in [0.2, 0.25) is 0 Å². The van der Waals surface area contributed by atoms with E-state index >= 15 is 0 Å². The number of phenols is 1. The van der Waals surface area contributed by atoms with Crippen molar-refractivity contribution in [2.24, 2.45) is 0 Å². The molecule has 2 fully saturated rings. The Morgan fingerprint density at radius 1 is 1.06 bits per heavy atom. The Kier molecular flexibility index (Phi) is 9.37. The minimum Gasteiger partial charge on any atom is -0.508 e. The van der Waals surface area contributed by atoms with E-state index in [-0.39, 0.29) is 17.9 Å². The predicted molar refractivity (Wildman–Crippen MR) is 124 cm³/mol. The zero-order valence-electron chi connectivity index (χ0n) is 19.8. The minimum atomic E-state index is -1.66. The van der Waals surface area contributed by atoms with Crippen LogP contribution in [0.25, 0.3) is 6.08 Å².